The lowest BCUT2D eigenvalue weighted by Crippen LogP contribution is -2.15. The fourth-order valence-electron chi connectivity index (χ4n) is 2.26. The van der Waals surface area contributed by atoms with E-state index in [2.05, 4.69) is 34.8 Å². The Morgan fingerprint density at radius 2 is 2.09 bits per heavy atom. The van der Waals surface area contributed by atoms with Gasteiger partial charge < -0.3 is 10.1 Å². The number of amides is 1. The van der Waals surface area contributed by atoms with E-state index >= 15 is 0 Å². The van der Waals surface area contributed by atoms with Crippen molar-refractivity contribution < 1.29 is 9.53 Å². The van der Waals surface area contributed by atoms with Gasteiger partial charge in [0.1, 0.15) is 5.75 Å². The number of hydrogen-bond donors (Lipinski definition) is 1. The molecule has 0 spiro atoms. The topological polar surface area (TPSA) is 38.3 Å². The third-order valence-corrected chi connectivity index (χ3v) is 4.99. The SMILES string of the molecule is CCc1cccc(C)c1NC(=O)c1cc(Cl)c(I)cc1OC. The number of ether oxygens (including phenoxy) is 1. The van der Waals surface area contributed by atoms with Gasteiger partial charge in [-0.2, -0.15) is 0 Å². The minimum Gasteiger partial charge on any atom is -0.496 e. The maximum absolute atomic E-state index is 12.6. The van der Waals surface area contributed by atoms with Crippen LogP contribution in [0.15, 0.2) is 30.3 Å². The molecule has 1 N–H and O–H groups in total. The fraction of sp³-hybridized carbons (Fsp3) is 0.235. The molecule has 0 bridgehead atoms. The number of carbonyl (C=O) groups is 1. The highest BCUT2D eigenvalue weighted by molar-refractivity contribution is 14.1. The maximum Gasteiger partial charge on any atom is 0.259 e. The van der Waals surface area contributed by atoms with Crippen LogP contribution in [0, 0.1) is 10.5 Å². The van der Waals surface area contributed by atoms with Gasteiger partial charge in [0, 0.05) is 9.26 Å². The van der Waals surface area contributed by atoms with Crippen LogP contribution in [0.3, 0.4) is 0 Å². The average Bonchev–Trinajstić information content (AvgIpc) is 2.51. The minimum absolute atomic E-state index is 0.223. The van der Waals surface area contributed by atoms with E-state index in [1.54, 1.807) is 19.2 Å². The fourth-order valence-corrected chi connectivity index (χ4v) is 2.86. The van der Waals surface area contributed by atoms with E-state index in [1.165, 1.54) is 0 Å². The van der Waals surface area contributed by atoms with Crippen LogP contribution in [0.4, 0.5) is 5.69 Å². The summed E-state index contributed by atoms with van der Waals surface area (Å²) in [4.78, 5) is 12.6. The Hall–Kier alpha value is -1.27. The van der Waals surface area contributed by atoms with Crippen LogP contribution in [0.1, 0.15) is 28.4 Å². The first kappa shape index (κ1) is 17.1. The Bertz CT molecular complexity index is 716. The van der Waals surface area contributed by atoms with Crippen molar-refractivity contribution in [2.75, 3.05) is 12.4 Å². The standard InChI is InChI=1S/C17H17ClINO2/c1-4-11-7-5-6-10(2)16(11)20-17(21)12-8-13(18)14(19)9-15(12)22-3/h5-9H,4H2,1-3H3,(H,20,21). The van der Waals surface area contributed by atoms with Gasteiger partial charge >= 0.3 is 0 Å². The lowest BCUT2D eigenvalue weighted by molar-refractivity contribution is 0.102. The second-order valence-electron chi connectivity index (χ2n) is 4.88. The first-order valence-corrected chi connectivity index (χ1v) is 8.36. The normalized spacial score (nSPS) is 10.4. The molecule has 0 atom stereocenters. The van der Waals surface area contributed by atoms with Crippen LogP contribution in [-0.2, 0) is 6.42 Å². The van der Waals surface area contributed by atoms with Gasteiger partial charge in [-0.1, -0.05) is 36.7 Å². The number of carbonyl (C=O) groups excluding carboxylic acids is 1. The minimum atomic E-state index is -0.223. The molecule has 0 saturated carbocycles. The quantitative estimate of drug-likeness (QED) is 0.689. The van der Waals surface area contributed by atoms with Crippen molar-refractivity contribution in [3.05, 3.63) is 55.6 Å². The number of halogens is 2. The number of nitrogens with one attached hydrogen (secondary N) is 1. The van der Waals surface area contributed by atoms with Crippen LogP contribution in [0.2, 0.25) is 5.02 Å². The van der Waals surface area contributed by atoms with Crippen molar-refractivity contribution >= 4 is 45.8 Å². The molecule has 2 aromatic carbocycles. The Balaban J connectivity index is 2.40. The number of rotatable bonds is 4. The highest BCUT2D eigenvalue weighted by atomic mass is 127. The van der Waals surface area contributed by atoms with Gasteiger partial charge in [-0.15, -0.1) is 0 Å². The predicted molar refractivity (Wildman–Crippen MR) is 99.2 cm³/mol. The van der Waals surface area contributed by atoms with Crippen molar-refractivity contribution in [2.24, 2.45) is 0 Å². The van der Waals surface area contributed by atoms with Crippen molar-refractivity contribution in [1.29, 1.82) is 0 Å². The molecule has 22 heavy (non-hydrogen) atoms. The van der Waals surface area contributed by atoms with Crippen LogP contribution >= 0.6 is 34.2 Å². The number of para-hydroxylation sites is 1. The first-order chi connectivity index (χ1) is 10.5. The molecule has 5 heteroatoms. The van der Waals surface area contributed by atoms with Gasteiger partial charge in [-0.25, -0.2) is 0 Å². The Kier molecular flexibility index (Phi) is 5.69. The third kappa shape index (κ3) is 3.55. The van der Waals surface area contributed by atoms with E-state index in [-0.39, 0.29) is 5.91 Å². The van der Waals surface area contributed by atoms with E-state index in [0.717, 1.165) is 26.8 Å². The van der Waals surface area contributed by atoms with Gasteiger partial charge in [-0.05, 0) is 59.2 Å². The van der Waals surface area contributed by atoms with Crippen molar-refractivity contribution in [3.63, 3.8) is 0 Å². The summed E-state index contributed by atoms with van der Waals surface area (Å²) in [7, 11) is 1.54. The van der Waals surface area contributed by atoms with Crippen molar-refractivity contribution in [1.82, 2.24) is 0 Å². The molecule has 3 nitrogen and oxygen atoms in total. The monoisotopic (exact) mass is 429 g/mol. The predicted octanol–water partition coefficient (Wildman–Crippen LogP) is 5.08. The summed E-state index contributed by atoms with van der Waals surface area (Å²) in [5, 5.41) is 3.52. The van der Waals surface area contributed by atoms with E-state index in [1.807, 2.05) is 25.1 Å². The molecule has 0 heterocycles. The highest BCUT2D eigenvalue weighted by Gasteiger charge is 2.17. The van der Waals surface area contributed by atoms with E-state index in [0.29, 0.717) is 16.3 Å². The summed E-state index contributed by atoms with van der Waals surface area (Å²) in [5.74, 6) is 0.289. The number of methoxy groups -OCH3 is 1. The van der Waals surface area contributed by atoms with Crippen LogP contribution in [-0.4, -0.2) is 13.0 Å². The molecule has 116 valence electrons. The number of aryl methyl sites for hydroxylation is 2. The summed E-state index contributed by atoms with van der Waals surface area (Å²) in [6.07, 6.45) is 0.849. The van der Waals surface area contributed by atoms with Crippen molar-refractivity contribution in [3.8, 4) is 5.75 Å². The number of anilines is 1. The summed E-state index contributed by atoms with van der Waals surface area (Å²) in [6.45, 7) is 4.04. The zero-order valence-electron chi connectivity index (χ0n) is 12.7. The average molecular weight is 430 g/mol. The Morgan fingerprint density at radius 1 is 1.36 bits per heavy atom. The van der Waals surface area contributed by atoms with E-state index in [9.17, 15) is 4.79 Å². The van der Waals surface area contributed by atoms with Gasteiger partial charge in [0.15, 0.2) is 0 Å². The molecular weight excluding hydrogens is 413 g/mol. The van der Waals surface area contributed by atoms with Gasteiger partial charge in [0.25, 0.3) is 5.91 Å². The van der Waals surface area contributed by atoms with E-state index < -0.39 is 0 Å². The molecule has 2 rings (SSSR count). The zero-order chi connectivity index (χ0) is 16.3. The molecular formula is C17H17ClINO2. The molecule has 0 fully saturated rings. The summed E-state index contributed by atoms with van der Waals surface area (Å²) < 4.78 is 6.15. The van der Waals surface area contributed by atoms with Crippen LogP contribution in [0.5, 0.6) is 5.75 Å². The molecule has 0 aromatic heterocycles. The summed E-state index contributed by atoms with van der Waals surface area (Å²) >= 11 is 8.25. The number of benzene rings is 2. The zero-order valence-corrected chi connectivity index (χ0v) is 15.6. The van der Waals surface area contributed by atoms with Crippen LogP contribution in [0.25, 0.3) is 0 Å². The smallest absolute Gasteiger partial charge is 0.259 e. The highest BCUT2D eigenvalue weighted by Crippen LogP contribution is 2.30. The van der Waals surface area contributed by atoms with Gasteiger partial charge in [-0.3, -0.25) is 4.79 Å². The third-order valence-electron chi connectivity index (χ3n) is 3.47. The Morgan fingerprint density at radius 3 is 2.73 bits per heavy atom. The molecule has 1 amide bonds. The second kappa shape index (κ2) is 7.33. The number of hydrogen-bond acceptors (Lipinski definition) is 2. The first-order valence-electron chi connectivity index (χ1n) is 6.90. The molecule has 0 radical (unpaired) electrons. The molecule has 0 unspecified atom stereocenters. The maximum atomic E-state index is 12.6. The van der Waals surface area contributed by atoms with Gasteiger partial charge in [0.05, 0.1) is 17.7 Å². The molecule has 0 aliphatic heterocycles. The lowest BCUT2D eigenvalue weighted by atomic mass is 10.1. The molecule has 2 aromatic rings. The van der Waals surface area contributed by atoms with Gasteiger partial charge in [0.2, 0.25) is 0 Å². The van der Waals surface area contributed by atoms with Crippen molar-refractivity contribution in [2.45, 2.75) is 20.3 Å². The second-order valence-corrected chi connectivity index (χ2v) is 6.45. The summed E-state index contributed by atoms with van der Waals surface area (Å²) in [6, 6.07) is 9.39. The lowest BCUT2D eigenvalue weighted by Gasteiger charge is -2.15. The summed E-state index contributed by atoms with van der Waals surface area (Å²) in [5.41, 5.74) is 3.41. The Labute approximate surface area is 149 Å². The molecule has 0 saturated heterocycles. The van der Waals surface area contributed by atoms with Crippen LogP contribution < -0.4 is 10.1 Å². The molecule has 0 aliphatic rings. The van der Waals surface area contributed by atoms with E-state index in [4.69, 9.17) is 16.3 Å². The largest absolute Gasteiger partial charge is 0.496 e. The molecule has 0 aliphatic carbocycles.